The van der Waals surface area contributed by atoms with E-state index in [0.717, 1.165) is 40.9 Å². The highest BCUT2D eigenvalue weighted by atomic mass is 16.3. The van der Waals surface area contributed by atoms with E-state index in [1.807, 2.05) is 14.0 Å². The van der Waals surface area contributed by atoms with Crippen molar-refractivity contribution in [2.45, 2.75) is 33.2 Å². The maximum Gasteiger partial charge on any atom is 0.213 e. The van der Waals surface area contributed by atoms with Crippen LogP contribution in [-0.2, 0) is 0 Å². The fourth-order valence-electron chi connectivity index (χ4n) is 3.27. The first kappa shape index (κ1) is 16.6. The molecule has 2 aromatic rings. The van der Waals surface area contributed by atoms with Crippen LogP contribution in [0.3, 0.4) is 0 Å². The van der Waals surface area contributed by atoms with Crippen LogP contribution in [0.4, 0.5) is 5.69 Å². The number of fused-ring (bicyclic) bond motifs is 1. The first-order valence-electron chi connectivity index (χ1n) is 8.49. The lowest BCUT2D eigenvalue weighted by Crippen LogP contribution is -2.13. The molecular formula is C19H26N4O. The number of hydrogen-bond acceptors (Lipinski definition) is 4. The molecule has 0 aliphatic heterocycles. The van der Waals surface area contributed by atoms with Crippen LogP contribution in [0.2, 0.25) is 0 Å². The second-order valence-electron chi connectivity index (χ2n) is 6.67. The summed E-state index contributed by atoms with van der Waals surface area (Å²) >= 11 is 0. The van der Waals surface area contributed by atoms with Crippen molar-refractivity contribution in [1.29, 1.82) is 0 Å². The molecule has 2 atom stereocenters. The van der Waals surface area contributed by atoms with Crippen molar-refractivity contribution >= 4 is 16.7 Å². The van der Waals surface area contributed by atoms with E-state index >= 15 is 0 Å². The zero-order valence-electron chi connectivity index (χ0n) is 14.8. The van der Waals surface area contributed by atoms with Gasteiger partial charge in [-0.05, 0) is 38.8 Å². The third-order valence-electron chi connectivity index (χ3n) is 4.75. The maximum absolute atomic E-state index is 10.0. The summed E-state index contributed by atoms with van der Waals surface area (Å²) in [6.07, 6.45) is 7.57. The largest absolute Gasteiger partial charge is 0.493 e. The number of hydrogen-bond donors (Lipinski definition) is 4. The molecule has 4 N–H and O–H groups in total. The predicted molar refractivity (Wildman–Crippen MR) is 99.5 cm³/mol. The fraction of sp³-hybridized carbons (Fsp3) is 0.421. The topological polar surface area (TPSA) is 73.0 Å². The van der Waals surface area contributed by atoms with E-state index < -0.39 is 0 Å². The summed E-state index contributed by atoms with van der Waals surface area (Å²) in [6.45, 7) is 7.13. The normalized spacial score (nSPS) is 18.7. The molecule has 1 unspecified atom stereocenters. The van der Waals surface area contributed by atoms with Crippen LogP contribution in [0.5, 0.6) is 5.88 Å². The van der Waals surface area contributed by atoms with Crippen LogP contribution in [0.25, 0.3) is 11.0 Å². The summed E-state index contributed by atoms with van der Waals surface area (Å²) in [5, 5.41) is 16.7. The third-order valence-corrected chi connectivity index (χ3v) is 4.75. The third kappa shape index (κ3) is 3.17. The van der Waals surface area contributed by atoms with E-state index in [2.05, 4.69) is 52.7 Å². The zero-order valence-corrected chi connectivity index (χ0v) is 14.8. The number of nitrogens with zero attached hydrogens (tertiary/aromatic N) is 1. The van der Waals surface area contributed by atoms with Gasteiger partial charge in [0.15, 0.2) is 0 Å². The van der Waals surface area contributed by atoms with E-state index in [-0.39, 0.29) is 11.9 Å². The smallest absolute Gasteiger partial charge is 0.213 e. The molecule has 2 aromatic heterocycles. The second-order valence-corrected chi connectivity index (χ2v) is 6.67. The number of aromatic hydroxyl groups is 1. The molecule has 3 rings (SSSR count). The molecule has 0 spiro atoms. The number of anilines is 1. The Morgan fingerprint density at radius 3 is 2.96 bits per heavy atom. The number of allylic oxidation sites excluding steroid dienone is 3. The summed E-state index contributed by atoms with van der Waals surface area (Å²) in [7, 11) is 1.93. The van der Waals surface area contributed by atoms with E-state index in [4.69, 9.17) is 0 Å². The molecule has 24 heavy (non-hydrogen) atoms. The van der Waals surface area contributed by atoms with E-state index in [1.54, 1.807) is 6.07 Å². The monoisotopic (exact) mass is 326 g/mol. The number of H-pyrrole nitrogens is 1. The molecule has 0 bridgehead atoms. The molecule has 0 saturated heterocycles. The molecule has 128 valence electrons. The van der Waals surface area contributed by atoms with Crippen LogP contribution in [0.15, 0.2) is 29.9 Å². The molecule has 2 heterocycles. The lowest BCUT2D eigenvalue weighted by atomic mass is 9.96. The van der Waals surface area contributed by atoms with E-state index in [1.165, 1.54) is 5.57 Å². The second kappa shape index (κ2) is 6.69. The van der Waals surface area contributed by atoms with Gasteiger partial charge in [0.05, 0.1) is 16.7 Å². The van der Waals surface area contributed by atoms with Gasteiger partial charge >= 0.3 is 0 Å². The SMILES string of the molecule is CN[C@@H](C)c1[nH]c2c(NCC3=CC=CC(C)C3)cc(O)nc2c1C. The number of rotatable bonds is 5. The zero-order chi connectivity index (χ0) is 17.3. The van der Waals surface area contributed by atoms with Gasteiger partial charge in [0.1, 0.15) is 0 Å². The Kier molecular flexibility index (Phi) is 4.62. The molecule has 0 amide bonds. The Bertz CT molecular complexity index is 803. The Hall–Kier alpha value is -2.27. The Morgan fingerprint density at radius 2 is 2.25 bits per heavy atom. The highest BCUT2D eigenvalue weighted by Crippen LogP contribution is 2.32. The van der Waals surface area contributed by atoms with Gasteiger partial charge < -0.3 is 20.7 Å². The average molecular weight is 326 g/mol. The molecule has 5 heteroatoms. The van der Waals surface area contributed by atoms with E-state index in [0.29, 0.717) is 5.92 Å². The van der Waals surface area contributed by atoms with E-state index in [9.17, 15) is 5.11 Å². The summed E-state index contributed by atoms with van der Waals surface area (Å²) in [6, 6.07) is 1.88. The molecule has 0 saturated carbocycles. The first-order chi connectivity index (χ1) is 11.5. The number of aromatic amines is 1. The molecular weight excluding hydrogens is 300 g/mol. The van der Waals surface area contributed by atoms with Crippen LogP contribution < -0.4 is 10.6 Å². The summed E-state index contributed by atoms with van der Waals surface area (Å²) in [5.74, 6) is 0.620. The van der Waals surface area contributed by atoms with Crippen molar-refractivity contribution in [1.82, 2.24) is 15.3 Å². The lowest BCUT2D eigenvalue weighted by Gasteiger charge is -2.16. The van der Waals surface area contributed by atoms with Gasteiger partial charge in [-0.25, -0.2) is 4.98 Å². The van der Waals surface area contributed by atoms with Crippen molar-refractivity contribution in [2.24, 2.45) is 5.92 Å². The minimum atomic E-state index is 0.0432. The molecule has 0 fully saturated rings. The van der Waals surface area contributed by atoms with Crippen LogP contribution >= 0.6 is 0 Å². The van der Waals surface area contributed by atoms with Gasteiger partial charge in [-0.3, -0.25) is 0 Å². The van der Waals surface area contributed by atoms with Gasteiger partial charge in [-0.1, -0.05) is 30.7 Å². The van der Waals surface area contributed by atoms with Crippen molar-refractivity contribution in [3.63, 3.8) is 0 Å². The van der Waals surface area contributed by atoms with Crippen molar-refractivity contribution in [3.05, 3.63) is 41.1 Å². The van der Waals surface area contributed by atoms with Crippen molar-refractivity contribution in [3.8, 4) is 5.88 Å². The van der Waals surface area contributed by atoms with Crippen molar-refractivity contribution in [2.75, 3.05) is 18.9 Å². The maximum atomic E-state index is 10.0. The number of pyridine rings is 1. The summed E-state index contributed by atoms with van der Waals surface area (Å²) < 4.78 is 0. The minimum absolute atomic E-state index is 0.0432. The minimum Gasteiger partial charge on any atom is -0.493 e. The number of nitrogens with one attached hydrogen (secondary N) is 3. The number of aryl methyl sites for hydroxylation is 1. The van der Waals surface area contributed by atoms with Gasteiger partial charge in [0.2, 0.25) is 5.88 Å². The Morgan fingerprint density at radius 1 is 1.46 bits per heavy atom. The Labute approximate surface area is 142 Å². The molecule has 1 aliphatic carbocycles. The van der Waals surface area contributed by atoms with Gasteiger partial charge in [0.25, 0.3) is 0 Å². The van der Waals surface area contributed by atoms with Crippen LogP contribution in [0.1, 0.15) is 37.6 Å². The Balaban J connectivity index is 1.92. The molecule has 5 nitrogen and oxygen atoms in total. The van der Waals surface area contributed by atoms with Gasteiger partial charge in [0, 0.05) is 24.3 Å². The quantitative estimate of drug-likeness (QED) is 0.674. The van der Waals surface area contributed by atoms with Crippen LogP contribution in [-0.4, -0.2) is 28.7 Å². The average Bonchev–Trinajstić information content (AvgIpc) is 2.89. The van der Waals surface area contributed by atoms with Gasteiger partial charge in [-0.2, -0.15) is 0 Å². The fourth-order valence-corrected chi connectivity index (χ4v) is 3.27. The lowest BCUT2D eigenvalue weighted by molar-refractivity contribution is 0.456. The molecule has 0 radical (unpaired) electrons. The highest BCUT2D eigenvalue weighted by molar-refractivity contribution is 5.92. The highest BCUT2D eigenvalue weighted by Gasteiger charge is 2.17. The molecule has 0 aromatic carbocycles. The number of aromatic nitrogens is 2. The first-order valence-corrected chi connectivity index (χ1v) is 8.49. The molecule has 1 aliphatic rings. The van der Waals surface area contributed by atoms with Gasteiger partial charge in [-0.15, -0.1) is 0 Å². The summed E-state index contributed by atoms with van der Waals surface area (Å²) in [4.78, 5) is 7.79. The van der Waals surface area contributed by atoms with Crippen LogP contribution in [0, 0.1) is 12.8 Å². The van der Waals surface area contributed by atoms with Crippen molar-refractivity contribution < 1.29 is 5.11 Å². The summed E-state index contributed by atoms with van der Waals surface area (Å²) in [5.41, 5.74) is 6.18. The standard InChI is InChI=1S/C19H26N4O/c1-11-6-5-7-14(8-11)10-21-15-9-16(24)22-18-12(2)17(13(3)20-4)23-19(15)18/h5-7,9,11,13,20,23H,8,10H2,1-4H3,(H2,21,22,24)/t11?,13-/m0/s1. The predicted octanol–water partition coefficient (Wildman–Crippen LogP) is 3.79.